The van der Waals surface area contributed by atoms with Crippen LogP contribution in [0.4, 0.5) is 5.13 Å². The van der Waals surface area contributed by atoms with Crippen LogP contribution in [-0.2, 0) is 14.6 Å². The van der Waals surface area contributed by atoms with Crippen LogP contribution in [0.3, 0.4) is 0 Å². The number of thiazole rings is 1. The fraction of sp³-hybridized carbons (Fsp3) is 0.467. The first-order chi connectivity index (χ1) is 10.9. The molecule has 1 aliphatic heterocycles. The van der Waals surface area contributed by atoms with E-state index in [1.54, 1.807) is 12.1 Å². The zero-order valence-corrected chi connectivity index (χ0v) is 14.5. The molecule has 1 N–H and O–H groups in total. The van der Waals surface area contributed by atoms with E-state index in [9.17, 15) is 13.2 Å². The SMILES string of the molecule is CS(=O)(=O)c1ccc2nc(NC(=O)CN3CCCCC3)sc2c1. The molecule has 0 spiro atoms. The molecule has 1 amide bonds. The number of hydrogen-bond donors (Lipinski definition) is 1. The van der Waals surface area contributed by atoms with Gasteiger partial charge in [0.2, 0.25) is 5.91 Å². The van der Waals surface area contributed by atoms with E-state index in [0.717, 1.165) is 30.6 Å². The summed E-state index contributed by atoms with van der Waals surface area (Å²) >= 11 is 1.29. The lowest BCUT2D eigenvalue weighted by Crippen LogP contribution is -2.36. The molecule has 23 heavy (non-hydrogen) atoms. The van der Waals surface area contributed by atoms with Crippen LogP contribution in [-0.4, -0.2) is 50.1 Å². The number of fused-ring (bicyclic) bond motifs is 1. The van der Waals surface area contributed by atoms with Crippen molar-refractivity contribution < 1.29 is 13.2 Å². The summed E-state index contributed by atoms with van der Waals surface area (Å²) in [7, 11) is -3.24. The predicted octanol–water partition coefficient (Wildman–Crippen LogP) is 2.12. The van der Waals surface area contributed by atoms with E-state index in [2.05, 4.69) is 15.2 Å². The van der Waals surface area contributed by atoms with Crippen LogP contribution in [0.5, 0.6) is 0 Å². The molecule has 0 saturated carbocycles. The van der Waals surface area contributed by atoms with Gasteiger partial charge in [-0.05, 0) is 44.1 Å². The highest BCUT2D eigenvalue weighted by Crippen LogP contribution is 2.28. The van der Waals surface area contributed by atoms with Gasteiger partial charge in [0, 0.05) is 6.26 Å². The van der Waals surface area contributed by atoms with Gasteiger partial charge in [-0.1, -0.05) is 17.8 Å². The first-order valence-electron chi connectivity index (χ1n) is 7.55. The van der Waals surface area contributed by atoms with Crippen LogP contribution in [0.1, 0.15) is 19.3 Å². The van der Waals surface area contributed by atoms with Crippen LogP contribution in [0.2, 0.25) is 0 Å². The molecule has 1 aromatic carbocycles. The number of hydrogen-bond acceptors (Lipinski definition) is 6. The van der Waals surface area contributed by atoms with Crippen molar-refractivity contribution in [2.45, 2.75) is 24.2 Å². The quantitative estimate of drug-likeness (QED) is 0.911. The monoisotopic (exact) mass is 353 g/mol. The Kier molecular flexibility index (Phi) is 4.65. The fourth-order valence-corrected chi connectivity index (χ4v) is 4.31. The van der Waals surface area contributed by atoms with Crippen molar-refractivity contribution in [3.05, 3.63) is 18.2 Å². The Morgan fingerprint density at radius 2 is 2.04 bits per heavy atom. The number of anilines is 1. The number of piperidine rings is 1. The van der Waals surface area contributed by atoms with Crippen molar-refractivity contribution in [3.8, 4) is 0 Å². The van der Waals surface area contributed by atoms with E-state index in [0.29, 0.717) is 17.2 Å². The van der Waals surface area contributed by atoms with Gasteiger partial charge in [-0.2, -0.15) is 0 Å². The normalized spacial score (nSPS) is 16.6. The largest absolute Gasteiger partial charge is 0.301 e. The van der Waals surface area contributed by atoms with Crippen molar-refractivity contribution in [2.24, 2.45) is 0 Å². The van der Waals surface area contributed by atoms with Gasteiger partial charge < -0.3 is 5.32 Å². The number of sulfone groups is 1. The van der Waals surface area contributed by atoms with E-state index in [1.807, 2.05) is 0 Å². The smallest absolute Gasteiger partial charge is 0.240 e. The Labute approximate surface area is 139 Å². The molecule has 8 heteroatoms. The minimum atomic E-state index is -3.24. The van der Waals surface area contributed by atoms with Crippen LogP contribution < -0.4 is 5.32 Å². The highest BCUT2D eigenvalue weighted by atomic mass is 32.2. The van der Waals surface area contributed by atoms with Crippen molar-refractivity contribution in [1.82, 2.24) is 9.88 Å². The van der Waals surface area contributed by atoms with E-state index in [1.165, 1.54) is 30.1 Å². The average Bonchev–Trinajstić information content (AvgIpc) is 2.88. The van der Waals surface area contributed by atoms with E-state index < -0.39 is 9.84 Å². The van der Waals surface area contributed by atoms with Gasteiger partial charge in [-0.15, -0.1) is 0 Å². The summed E-state index contributed by atoms with van der Waals surface area (Å²) in [6, 6.07) is 4.81. The second kappa shape index (κ2) is 6.54. The van der Waals surface area contributed by atoms with Gasteiger partial charge in [0.1, 0.15) is 0 Å². The Bertz CT molecular complexity index is 824. The van der Waals surface area contributed by atoms with E-state index in [4.69, 9.17) is 0 Å². The lowest BCUT2D eigenvalue weighted by molar-refractivity contribution is -0.117. The lowest BCUT2D eigenvalue weighted by atomic mass is 10.1. The molecule has 1 saturated heterocycles. The van der Waals surface area contributed by atoms with Gasteiger partial charge >= 0.3 is 0 Å². The fourth-order valence-electron chi connectivity index (χ4n) is 2.67. The summed E-state index contributed by atoms with van der Waals surface area (Å²) in [6.45, 7) is 2.31. The number of nitrogens with one attached hydrogen (secondary N) is 1. The van der Waals surface area contributed by atoms with Crippen molar-refractivity contribution in [3.63, 3.8) is 0 Å². The Hall–Kier alpha value is -1.51. The summed E-state index contributed by atoms with van der Waals surface area (Å²) in [6.07, 6.45) is 4.69. The predicted molar refractivity (Wildman–Crippen MR) is 91.7 cm³/mol. The summed E-state index contributed by atoms with van der Waals surface area (Å²) in [5.74, 6) is -0.0747. The van der Waals surface area contributed by atoms with Gasteiger partial charge in [0.15, 0.2) is 15.0 Å². The molecule has 0 atom stereocenters. The molecule has 1 aliphatic rings. The number of amides is 1. The highest BCUT2D eigenvalue weighted by molar-refractivity contribution is 7.90. The number of carbonyl (C=O) groups is 1. The minimum absolute atomic E-state index is 0.0747. The third-order valence-corrected chi connectivity index (χ3v) is 5.89. The lowest BCUT2D eigenvalue weighted by Gasteiger charge is -2.25. The first kappa shape index (κ1) is 16.4. The molecule has 0 bridgehead atoms. The molecule has 1 aromatic heterocycles. The summed E-state index contributed by atoms with van der Waals surface area (Å²) in [5, 5.41) is 3.32. The standard InChI is InChI=1S/C15H19N3O3S2/c1-23(20,21)11-5-6-12-13(9-11)22-15(16-12)17-14(19)10-18-7-3-2-4-8-18/h5-6,9H,2-4,7-8,10H2,1H3,(H,16,17,19). The summed E-state index contributed by atoms with van der Waals surface area (Å²) < 4.78 is 23.9. The van der Waals surface area contributed by atoms with Crippen molar-refractivity contribution in [2.75, 3.05) is 31.2 Å². The first-order valence-corrected chi connectivity index (χ1v) is 10.3. The summed E-state index contributed by atoms with van der Waals surface area (Å²) in [5.41, 5.74) is 0.690. The molecule has 0 radical (unpaired) electrons. The maximum atomic E-state index is 12.1. The minimum Gasteiger partial charge on any atom is -0.301 e. The number of nitrogens with zero attached hydrogens (tertiary/aromatic N) is 2. The Morgan fingerprint density at radius 3 is 2.74 bits per heavy atom. The molecule has 0 aliphatic carbocycles. The maximum absolute atomic E-state index is 12.1. The van der Waals surface area contributed by atoms with Crippen molar-refractivity contribution >= 4 is 42.4 Å². The average molecular weight is 353 g/mol. The number of aromatic nitrogens is 1. The second-order valence-electron chi connectivity index (χ2n) is 5.81. The molecule has 0 unspecified atom stereocenters. The molecule has 6 nitrogen and oxygen atoms in total. The topological polar surface area (TPSA) is 79.4 Å². The molecule has 2 heterocycles. The second-order valence-corrected chi connectivity index (χ2v) is 8.85. The number of carbonyl (C=O) groups excluding carboxylic acids is 1. The summed E-state index contributed by atoms with van der Waals surface area (Å²) in [4.78, 5) is 18.9. The number of rotatable bonds is 4. The maximum Gasteiger partial charge on any atom is 0.240 e. The number of benzene rings is 1. The van der Waals surface area contributed by atoms with E-state index >= 15 is 0 Å². The molecular formula is C15H19N3O3S2. The number of likely N-dealkylation sites (tertiary alicyclic amines) is 1. The van der Waals surface area contributed by atoms with Crippen molar-refractivity contribution in [1.29, 1.82) is 0 Å². The third-order valence-electron chi connectivity index (χ3n) is 3.85. The molecule has 3 rings (SSSR count). The molecule has 1 fully saturated rings. The van der Waals surface area contributed by atoms with Crippen LogP contribution in [0, 0.1) is 0 Å². The van der Waals surface area contributed by atoms with Gasteiger partial charge in [-0.25, -0.2) is 13.4 Å². The van der Waals surface area contributed by atoms with Gasteiger partial charge in [0.25, 0.3) is 0 Å². The van der Waals surface area contributed by atoms with Crippen LogP contribution in [0.25, 0.3) is 10.2 Å². The Balaban J connectivity index is 1.71. The molecular weight excluding hydrogens is 334 g/mol. The zero-order valence-electron chi connectivity index (χ0n) is 12.9. The van der Waals surface area contributed by atoms with Gasteiger partial charge in [0.05, 0.1) is 21.7 Å². The van der Waals surface area contributed by atoms with E-state index in [-0.39, 0.29) is 10.8 Å². The molecule has 124 valence electrons. The van der Waals surface area contributed by atoms with Crippen LogP contribution in [0.15, 0.2) is 23.1 Å². The highest BCUT2D eigenvalue weighted by Gasteiger charge is 2.16. The molecule has 2 aromatic rings. The zero-order chi connectivity index (χ0) is 16.4. The Morgan fingerprint density at radius 1 is 1.30 bits per heavy atom. The van der Waals surface area contributed by atoms with Gasteiger partial charge in [-0.3, -0.25) is 9.69 Å². The third kappa shape index (κ3) is 4.07. The van der Waals surface area contributed by atoms with Crippen LogP contribution >= 0.6 is 11.3 Å².